The van der Waals surface area contributed by atoms with Gasteiger partial charge in [0.1, 0.15) is 0 Å². The number of fused-ring (bicyclic) bond motifs is 13. The molecule has 7 aromatic carbocycles. The molecule has 0 saturated carbocycles. The highest BCUT2D eigenvalue weighted by atomic mass is 16.7. The number of anilines is 3. The van der Waals surface area contributed by atoms with E-state index in [-0.39, 0.29) is 0 Å². The van der Waals surface area contributed by atoms with Crippen molar-refractivity contribution in [2.45, 2.75) is 44.3 Å². The van der Waals surface area contributed by atoms with E-state index in [1.807, 2.05) is 0 Å². The highest BCUT2D eigenvalue weighted by Gasteiger charge is 2.55. The van der Waals surface area contributed by atoms with Gasteiger partial charge in [0.05, 0.1) is 28.0 Å². The lowest BCUT2D eigenvalue weighted by atomic mass is 9.63. The minimum Gasteiger partial charge on any atom is -0.399 e. The fourth-order valence-corrected chi connectivity index (χ4v) is 8.70. The van der Waals surface area contributed by atoms with E-state index < -0.39 is 23.7 Å². The largest absolute Gasteiger partial charge is 0.494 e. The SMILES string of the molecule is CC1(C)OB(c2ccc3c(c2)-c2ccccc2C32c3ccc4ccccc4c3N(c3ccccc3)c3c2ccc2ccccc32)OC1(C)C. The Bertz CT molecular complexity index is 2380. The lowest BCUT2D eigenvalue weighted by Gasteiger charge is -2.46. The van der Waals surface area contributed by atoms with E-state index in [9.17, 15) is 0 Å². The third kappa shape index (κ3) is 3.76. The molecule has 1 aliphatic carbocycles. The quantitative estimate of drug-likeness (QED) is 0.177. The lowest BCUT2D eigenvalue weighted by Crippen LogP contribution is -2.41. The van der Waals surface area contributed by atoms with Crippen LogP contribution < -0.4 is 10.4 Å². The predicted octanol–water partition coefficient (Wildman–Crippen LogP) is 10.4. The van der Waals surface area contributed by atoms with Gasteiger partial charge >= 0.3 is 7.12 Å². The summed E-state index contributed by atoms with van der Waals surface area (Å²) < 4.78 is 13.2. The van der Waals surface area contributed by atoms with Crippen LogP contribution in [0, 0.1) is 0 Å². The summed E-state index contributed by atoms with van der Waals surface area (Å²) in [6.07, 6.45) is 0. The molecule has 0 aromatic heterocycles. The molecular formula is C45H36BNO2. The van der Waals surface area contributed by atoms with Crippen molar-refractivity contribution in [3.05, 3.63) is 168 Å². The fraction of sp³-hybridized carbons (Fsp3) is 0.156. The first-order chi connectivity index (χ1) is 23.8. The fourth-order valence-electron chi connectivity index (χ4n) is 8.70. The van der Waals surface area contributed by atoms with Crippen molar-refractivity contribution in [3.8, 4) is 11.1 Å². The molecule has 2 heterocycles. The van der Waals surface area contributed by atoms with Crippen LogP contribution in [0.5, 0.6) is 0 Å². The first-order valence-corrected chi connectivity index (χ1v) is 17.3. The van der Waals surface area contributed by atoms with Crippen LogP contribution in [0.15, 0.2) is 146 Å². The minimum atomic E-state index is -0.551. The smallest absolute Gasteiger partial charge is 0.399 e. The summed E-state index contributed by atoms with van der Waals surface area (Å²) >= 11 is 0. The summed E-state index contributed by atoms with van der Waals surface area (Å²) in [4.78, 5) is 2.53. The molecule has 4 heteroatoms. The molecule has 1 saturated heterocycles. The zero-order chi connectivity index (χ0) is 33.1. The van der Waals surface area contributed by atoms with E-state index in [4.69, 9.17) is 9.31 Å². The van der Waals surface area contributed by atoms with Crippen molar-refractivity contribution < 1.29 is 9.31 Å². The van der Waals surface area contributed by atoms with Gasteiger partial charge in [-0.05, 0) is 89.4 Å². The van der Waals surface area contributed by atoms with Crippen LogP contribution in [0.25, 0.3) is 32.7 Å². The molecule has 2 aliphatic heterocycles. The van der Waals surface area contributed by atoms with E-state index in [1.54, 1.807) is 0 Å². The molecule has 1 fully saturated rings. The Labute approximate surface area is 287 Å². The first kappa shape index (κ1) is 28.8. The van der Waals surface area contributed by atoms with Gasteiger partial charge in [-0.1, -0.05) is 133 Å². The molecule has 3 aliphatic rings. The number of nitrogens with zero attached hydrogens (tertiary/aromatic N) is 1. The van der Waals surface area contributed by atoms with Crippen molar-refractivity contribution in [1.82, 2.24) is 0 Å². The van der Waals surface area contributed by atoms with Crippen LogP contribution in [0.1, 0.15) is 49.9 Å². The van der Waals surface area contributed by atoms with Crippen LogP contribution in [0.4, 0.5) is 17.1 Å². The van der Waals surface area contributed by atoms with Gasteiger partial charge in [0.2, 0.25) is 0 Å². The molecule has 0 amide bonds. The Morgan fingerprint density at radius 2 is 0.980 bits per heavy atom. The highest BCUT2D eigenvalue weighted by molar-refractivity contribution is 6.62. The predicted molar refractivity (Wildman–Crippen MR) is 203 cm³/mol. The van der Waals surface area contributed by atoms with Gasteiger partial charge in [-0.15, -0.1) is 0 Å². The van der Waals surface area contributed by atoms with E-state index >= 15 is 0 Å². The van der Waals surface area contributed by atoms with Crippen molar-refractivity contribution in [2.75, 3.05) is 4.90 Å². The summed E-state index contributed by atoms with van der Waals surface area (Å²) in [5, 5.41) is 4.93. The van der Waals surface area contributed by atoms with Gasteiger partial charge in [0, 0.05) is 16.5 Å². The Hall–Kier alpha value is -5.16. The standard InChI is InChI=1S/C45H36BNO2/c1-43(2)44(3,4)49-46(48-43)31-24-27-38-36(28-31)35-20-12-13-21-37(35)45(38)39-25-22-29-14-8-10-18-33(29)41(39)47(32-16-6-5-7-17-32)42-34-19-11-9-15-30(34)23-26-40(42)45/h5-28H,1-4H3. The topological polar surface area (TPSA) is 21.7 Å². The van der Waals surface area contributed by atoms with Gasteiger partial charge in [0.15, 0.2) is 0 Å². The molecule has 1 spiro atoms. The summed E-state index contributed by atoms with van der Waals surface area (Å²) in [5.41, 5.74) is 10.9. The third-order valence-corrected chi connectivity index (χ3v) is 11.7. The minimum absolute atomic E-state index is 0.417. The number of para-hydroxylation sites is 1. The molecule has 0 bridgehead atoms. The number of rotatable bonds is 2. The maximum atomic E-state index is 6.58. The summed E-state index contributed by atoms with van der Waals surface area (Å²) in [6.45, 7) is 8.47. The molecule has 236 valence electrons. The Morgan fingerprint density at radius 1 is 0.469 bits per heavy atom. The Morgan fingerprint density at radius 3 is 1.61 bits per heavy atom. The highest BCUT2D eigenvalue weighted by Crippen LogP contribution is 2.65. The van der Waals surface area contributed by atoms with Crippen molar-refractivity contribution in [2.24, 2.45) is 0 Å². The maximum Gasteiger partial charge on any atom is 0.494 e. The Balaban J connectivity index is 1.35. The van der Waals surface area contributed by atoms with Crippen LogP contribution in [-0.2, 0) is 14.7 Å². The summed E-state index contributed by atoms with van der Waals surface area (Å²) in [5.74, 6) is 0. The normalized spacial score (nSPS) is 17.6. The molecule has 7 aromatic rings. The monoisotopic (exact) mass is 633 g/mol. The van der Waals surface area contributed by atoms with Crippen molar-refractivity contribution in [1.29, 1.82) is 0 Å². The Kier molecular flexibility index (Phi) is 5.85. The lowest BCUT2D eigenvalue weighted by molar-refractivity contribution is 0.00578. The molecule has 0 atom stereocenters. The molecule has 0 unspecified atom stereocenters. The van der Waals surface area contributed by atoms with Gasteiger partial charge in [-0.3, -0.25) is 0 Å². The molecule has 0 radical (unpaired) electrons. The van der Waals surface area contributed by atoms with Crippen molar-refractivity contribution >= 4 is 51.2 Å². The molecular weight excluding hydrogens is 597 g/mol. The maximum absolute atomic E-state index is 6.58. The number of benzene rings is 7. The van der Waals surface area contributed by atoms with Crippen LogP contribution >= 0.6 is 0 Å². The van der Waals surface area contributed by atoms with Gasteiger partial charge in [-0.2, -0.15) is 0 Å². The second-order valence-corrected chi connectivity index (χ2v) is 14.7. The van der Waals surface area contributed by atoms with Crippen LogP contribution in [-0.4, -0.2) is 18.3 Å². The van der Waals surface area contributed by atoms with E-state index in [2.05, 4.69) is 178 Å². The van der Waals surface area contributed by atoms with Crippen molar-refractivity contribution in [3.63, 3.8) is 0 Å². The average Bonchev–Trinajstić information content (AvgIpc) is 3.54. The summed E-state index contributed by atoms with van der Waals surface area (Å²) in [6, 6.07) is 53.9. The van der Waals surface area contributed by atoms with Crippen LogP contribution in [0.3, 0.4) is 0 Å². The third-order valence-electron chi connectivity index (χ3n) is 11.7. The second kappa shape index (κ2) is 9.95. The second-order valence-electron chi connectivity index (χ2n) is 14.7. The van der Waals surface area contributed by atoms with E-state index in [1.165, 1.54) is 66.3 Å². The molecule has 10 rings (SSSR count). The van der Waals surface area contributed by atoms with Gasteiger partial charge in [0.25, 0.3) is 0 Å². The summed E-state index contributed by atoms with van der Waals surface area (Å²) in [7, 11) is -0.439. The van der Waals surface area contributed by atoms with Gasteiger partial charge in [-0.25, -0.2) is 0 Å². The average molecular weight is 634 g/mol. The zero-order valence-electron chi connectivity index (χ0n) is 28.2. The first-order valence-electron chi connectivity index (χ1n) is 17.3. The van der Waals surface area contributed by atoms with E-state index in [0.717, 1.165) is 11.2 Å². The number of hydrogen-bond donors (Lipinski definition) is 0. The molecule has 49 heavy (non-hydrogen) atoms. The molecule has 3 nitrogen and oxygen atoms in total. The zero-order valence-corrected chi connectivity index (χ0v) is 28.2. The van der Waals surface area contributed by atoms with E-state index in [0.29, 0.717) is 0 Å². The number of hydrogen-bond acceptors (Lipinski definition) is 3. The van der Waals surface area contributed by atoms with Gasteiger partial charge < -0.3 is 14.2 Å². The molecule has 0 N–H and O–H groups in total. The van der Waals surface area contributed by atoms with Crippen LogP contribution in [0.2, 0.25) is 0 Å².